The third-order valence-corrected chi connectivity index (χ3v) is 4.49. The Morgan fingerprint density at radius 3 is 2.75 bits per heavy atom. The Morgan fingerprint density at radius 2 is 2.05 bits per heavy atom. The molecule has 1 aromatic carbocycles. The van der Waals surface area contributed by atoms with Crippen molar-refractivity contribution < 1.29 is 4.74 Å². The van der Waals surface area contributed by atoms with E-state index in [0.29, 0.717) is 11.1 Å². The number of hydrogen-bond acceptors (Lipinski definition) is 2. The zero-order chi connectivity index (χ0) is 14.4. The summed E-state index contributed by atoms with van der Waals surface area (Å²) in [5.41, 5.74) is 0. The van der Waals surface area contributed by atoms with Crippen LogP contribution in [-0.4, -0.2) is 18.7 Å². The molecule has 3 unspecified atom stereocenters. The molecule has 1 fully saturated rings. The highest BCUT2D eigenvalue weighted by Crippen LogP contribution is 2.33. The quantitative estimate of drug-likeness (QED) is 0.824. The van der Waals surface area contributed by atoms with Crippen molar-refractivity contribution in [2.75, 3.05) is 6.54 Å². The molecule has 0 saturated heterocycles. The van der Waals surface area contributed by atoms with Crippen LogP contribution < -0.4 is 10.1 Å². The second kappa shape index (κ2) is 7.90. The summed E-state index contributed by atoms with van der Waals surface area (Å²) in [6, 6.07) is 8.23. The second-order valence-electron chi connectivity index (χ2n) is 5.72. The lowest BCUT2D eigenvalue weighted by atomic mass is 9.81. The zero-order valence-corrected chi connectivity index (χ0v) is 13.3. The molecular weight excluding hydrogens is 270 g/mol. The smallest absolute Gasteiger partial charge is 0.138 e. The van der Waals surface area contributed by atoms with Crippen LogP contribution in [0.2, 0.25) is 5.02 Å². The zero-order valence-electron chi connectivity index (χ0n) is 12.6. The minimum absolute atomic E-state index is 0.236. The van der Waals surface area contributed by atoms with E-state index in [2.05, 4.69) is 19.2 Å². The fourth-order valence-electron chi connectivity index (χ4n) is 3.21. The normalized spacial score (nSPS) is 26.4. The molecule has 1 aromatic rings. The first kappa shape index (κ1) is 15.7. The number of halogens is 1. The van der Waals surface area contributed by atoms with Crippen LogP contribution in [-0.2, 0) is 0 Å². The number of para-hydroxylation sites is 1. The number of nitrogens with one attached hydrogen (secondary N) is 1. The van der Waals surface area contributed by atoms with Gasteiger partial charge in [-0.15, -0.1) is 0 Å². The lowest BCUT2D eigenvalue weighted by molar-refractivity contribution is 0.0840. The van der Waals surface area contributed by atoms with Crippen LogP contribution in [0.25, 0.3) is 0 Å². The standard InChI is InChI=1S/C17H26ClNO/c1-3-7-13-10-11-15(19-4-2)17(12-13)20-16-9-6-5-8-14(16)18/h5-6,8-9,13,15,17,19H,3-4,7,10-12H2,1-2H3. The van der Waals surface area contributed by atoms with Crippen molar-refractivity contribution in [3.05, 3.63) is 29.3 Å². The van der Waals surface area contributed by atoms with Gasteiger partial charge in [0.15, 0.2) is 0 Å². The molecule has 3 heteroatoms. The summed E-state index contributed by atoms with van der Waals surface area (Å²) in [4.78, 5) is 0. The first-order valence-corrected chi connectivity index (χ1v) is 8.27. The molecule has 1 aliphatic carbocycles. The largest absolute Gasteiger partial charge is 0.487 e. The number of benzene rings is 1. The summed E-state index contributed by atoms with van der Waals surface area (Å²) >= 11 is 6.22. The molecule has 3 atom stereocenters. The van der Waals surface area contributed by atoms with Gasteiger partial charge in [0.2, 0.25) is 0 Å². The van der Waals surface area contributed by atoms with Crippen molar-refractivity contribution >= 4 is 11.6 Å². The maximum atomic E-state index is 6.23. The predicted molar refractivity (Wildman–Crippen MR) is 85.6 cm³/mol. The van der Waals surface area contributed by atoms with Gasteiger partial charge in [0.1, 0.15) is 11.9 Å². The van der Waals surface area contributed by atoms with Crippen molar-refractivity contribution in [1.82, 2.24) is 5.32 Å². The topological polar surface area (TPSA) is 21.3 Å². The predicted octanol–water partition coefficient (Wildman–Crippen LogP) is 4.67. The highest BCUT2D eigenvalue weighted by Gasteiger charge is 2.31. The van der Waals surface area contributed by atoms with E-state index in [9.17, 15) is 0 Å². The molecule has 20 heavy (non-hydrogen) atoms. The maximum Gasteiger partial charge on any atom is 0.138 e. The summed E-state index contributed by atoms with van der Waals surface area (Å²) in [5, 5.41) is 4.28. The van der Waals surface area contributed by atoms with Gasteiger partial charge in [-0.05, 0) is 43.9 Å². The molecule has 0 aliphatic heterocycles. The molecule has 112 valence electrons. The van der Waals surface area contributed by atoms with E-state index in [-0.39, 0.29) is 6.10 Å². The Hall–Kier alpha value is -0.730. The Kier molecular flexibility index (Phi) is 6.18. The third kappa shape index (κ3) is 4.13. The van der Waals surface area contributed by atoms with Gasteiger partial charge >= 0.3 is 0 Å². The lowest BCUT2D eigenvalue weighted by Crippen LogP contribution is -2.47. The van der Waals surface area contributed by atoms with Crippen LogP contribution in [0.15, 0.2) is 24.3 Å². The van der Waals surface area contributed by atoms with E-state index < -0.39 is 0 Å². The van der Waals surface area contributed by atoms with Crippen molar-refractivity contribution in [1.29, 1.82) is 0 Å². The molecular formula is C17H26ClNO. The van der Waals surface area contributed by atoms with Gasteiger partial charge in [-0.2, -0.15) is 0 Å². The van der Waals surface area contributed by atoms with E-state index in [1.807, 2.05) is 24.3 Å². The monoisotopic (exact) mass is 295 g/mol. The Balaban J connectivity index is 2.05. The molecule has 0 spiro atoms. The number of ether oxygens (including phenoxy) is 1. The number of hydrogen-bond donors (Lipinski definition) is 1. The van der Waals surface area contributed by atoms with Crippen molar-refractivity contribution in [3.8, 4) is 5.75 Å². The molecule has 0 aromatic heterocycles. The van der Waals surface area contributed by atoms with Gasteiger partial charge in [0.25, 0.3) is 0 Å². The summed E-state index contributed by atoms with van der Waals surface area (Å²) in [6.07, 6.45) is 6.45. The van der Waals surface area contributed by atoms with Gasteiger partial charge in [-0.25, -0.2) is 0 Å². The lowest BCUT2D eigenvalue weighted by Gasteiger charge is -2.36. The van der Waals surface area contributed by atoms with E-state index >= 15 is 0 Å². The van der Waals surface area contributed by atoms with Gasteiger partial charge in [-0.1, -0.05) is 50.4 Å². The van der Waals surface area contributed by atoms with Crippen LogP contribution in [0.5, 0.6) is 5.75 Å². The first-order valence-electron chi connectivity index (χ1n) is 7.89. The Bertz CT molecular complexity index is 410. The Morgan fingerprint density at radius 1 is 1.25 bits per heavy atom. The number of likely N-dealkylation sites (N-methyl/N-ethyl adjacent to an activating group) is 1. The first-order chi connectivity index (χ1) is 9.74. The number of rotatable bonds is 6. The van der Waals surface area contributed by atoms with Gasteiger partial charge in [0, 0.05) is 6.04 Å². The van der Waals surface area contributed by atoms with Gasteiger partial charge in [0.05, 0.1) is 5.02 Å². The van der Waals surface area contributed by atoms with Crippen molar-refractivity contribution in [2.24, 2.45) is 5.92 Å². The Labute approximate surface area is 127 Å². The summed E-state index contributed by atoms with van der Waals surface area (Å²) in [7, 11) is 0. The van der Waals surface area contributed by atoms with E-state index in [4.69, 9.17) is 16.3 Å². The van der Waals surface area contributed by atoms with Crippen LogP contribution in [0.3, 0.4) is 0 Å². The fourth-order valence-corrected chi connectivity index (χ4v) is 3.39. The highest BCUT2D eigenvalue weighted by atomic mass is 35.5. The van der Waals surface area contributed by atoms with Crippen LogP contribution in [0.4, 0.5) is 0 Å². The van der Waals surface area contributed by atoms with Crippen LogP contribution >= 0.6 is 11.6 Å². The van der Waals surface area contributed by atoms with Crippen molar-refractivity contribution in [3.63, 3.8) is 0 Å². The SMILES string of the molecule is CCCC1CCC(NCC)C(Oc2ccccc2Cl)C1. The molecule has 1 N–H and O–H groups in total. The van der Waals surface area contributed by atoms with Gasteiger partial charge < -0.3 is 10.1 Å². The fraction of sp³-hybridized carbons (Fsp3) is 0.647. The molecule has 1 aliphatic rings. The molecule has 1 saturated carbocycles. The maximum absolute atomic E-state index is 6.23. The third-order valence-electron chi connectivity index (χ3n) is 4.18. The average molecular weight is 296 g/mol. The van der Waals surface area contributed by atoms with E-state index in [0.717, 1.165) is 24.6 Å². The molecule has 0 radical (unpaired) electrons. The van der Waals surface area contributed by atoms with Crippen LogP contribution in [0, 0.1) is 5.92 Å². The minimum atomic E-state index is 0.236. The van der Waals surface area contributed by atoms with E-state index in [1.54, 1.807) is 0 Å². The second-order valence-corrected chi connectivity index (χ2v) is 6.13. The molecule has 0 amide bonds. The summed E-state index contributed by atoms with van der Waals surface area (Å²) in [6.45, 7) is 5.41. The molecule has 0 bridgehead atoms. The summed E-state index contributed by atoms with van der Waals surface area (Å²) < 4.78 is 6.23. The molecule has 2 nitrogen and oxygen atoms in total. The molecule has 0 heterocycles. The molecule has 2 rings (SSSR count). The van der Waals surface area contributed by atoms with E-state index in [1.165, 1.54) is 25.7 Å². The van der Waals surface area contributed by atoms with Crippen molar-refractivity contribution in [2.45, 2.75) is 58.1 Å². The minimum Gasteiger partial charge on any atom is -0.487 e. The van der Waals surface area contributed by atoms with Gasteiger partial charge in [-0.3, -0.25) is 0 Å². The highest BCUT2D eigenvalue weighted by molar-refractivity contribution is 6.32. The van der Waals surface area contributed by atoms with Crippen LogP contribution in [0.1, 0.15) is 46.0 Å². The average Bonchev–Trinajstić information content (AvgIpc) is 2.45. The summed E-state index contributed by atoms with van der Waals surface area (Å²) in [5.74, 6) is 1.61.